The van der Waals surface area contributed by atoms with Gasteiger partial charge in [-0.15, -0.1) is 0 Å². The Hall–Kier alpha value is -1.94. The predicted octanol–water partition coefficient (Wildman–Crippen LogP) is 3.59. The molecule has 0 amide bonds. The monoisotopic (exact) mass is 277 g/mol. The van der Waals surface area contributed by atoms with Gasteiger partial charge in [0.1, 0.15) is 11.6 Å². The molecule has 0 fully saturated rings. The Kier molecular flexibility index (Phi) is 4.04. The summed E-state index contributed by atoms with van der Waals surface area (Å²) in [6.45, 7) is 2.78. The molecule has 0 aromatic heterocycles. The second-order valence-corrected chi connectivity index (χ2v) is 5.06. The number of halogens is 2. The van der Waals surface area contributed by atoms with Crippen molar-refractivity contribution in [3.63, 3.8) is 0 Å². The molecule has 0 heterocycles. The van der Waals surface area contributed by atoms with E-state index in [1.165, 1.54) is 6.92 Å². The van der Waals surface area contributed by atoms with E-state index >= 15 is 0 Å². The zero-order valence-corrected chi connectivity index (χ0v) is 11.5. The third-order valence-electron chi connectivity index (χ3n) is 3.35. The fourth-order valence-electron chi connectivity index (χ4n) is 2.10. The third-order valence-corrected chi connectivity index (χ3v) is 3.35. The second kappa shape index (κ2) is 5.59. The van der Waals surface area contributed by atoms with Gasteiger partial charge in [-0.2, -0.15) is 0 Å². The van der Waals surface area contributed by atoms with Crippen LogP contribution in [0.4, 0.5) is 14.5 Å². The zero-order chi connectivity index (χ0) is 14.8. The van der Waals surface area contributed by atoms with Crippen molar-refractivity contribution < 1.29 is 13.9 Å². The number of rotatable bonds is 4. The Morgan fingerprint density at radius 2 is 1.75 bits per heavy atom. The van der Waals surface area contributed by atoms with Crippen molar-refractivity contribution in [2.24, 2.45) is 0 Å². The molecule has 2 rings (SSSR count). The minimum absolute atomic E-state index is 0.104. The maximum absolute atomic E-state index is 14.1. The van der Waals surface area contributed by atoms with Gasteiger partial charge < -0.3 is 10.4 Å². The van der Waals surface area contributed by atoms with E-state index in [4.69, 9.17) is 0 Å². The lowest BCUT2D eigenvalue weighted by Crippen LogP contribution is -2.37. The number of aliphatic hydroxyl groups is 1. The molecule has 1 atom stereocenters. The van der Waals surface area contributed by atoms with Gasteiger partial charge >= 0.3 is 0 Å². The topological polar surface area (TPSA) is 32.3 Å². The van der Waals surface area contributed by atoms with Crippen molar-refractivity contribution >= 4 is 5.69 Å². The van der Waals surface area contributed by atoms with Gasteiger partial charge in [-0.3, -0.25) is 0 Å². The van der Waals surface area contributed by atoms with Gasteiger partial charge in [0, 0.05) is 11.3 Å². The number of aliphatic hydroxyl groups excluding tert-OH is 1. The normalized spacial score (nSPS) is 13.8. The van der Waals surface area contributed by atoms with E-state index in [0.717, 1.165) is 17.8 Å². The molecule has 2 aromatic carbocycles. The first-order valence-electron chi connectivity index (χ1n) is 6.36. The number of para-hydroxylation sites is 1. The first-order valence-corrected chi connectivity index (χ1v) is 6.36. The first kappa shape index (κ1) is 14.5. The van der Waals surface area contributed by atoms with Crippen LogP contribution < -0.4 is 5.32 Å². The van der Waals surface area contributed by atoms with Crippen LogP contribution in [0.2, 0.25) is 0 Å². The van der Waals surface area contributed by atoms with Crippen LogP contribution in [0.5, 0.6) is 0 Å². The lowest BCUT2D eigenvalue weighted by atomic mass is 9.91. The Balaban J connectivity index is 2.43. The summed E-state index contributed by atoms with van der Waals surface area (Å²) in [5.74, 6) is -1.03. The van der Waals surface area contributed by atoms with E-state index in [2.05, 4.69) is 5.32 Å². The Morgan fingerprint density at radius 1 is 1.10 bits per heavy atom. The summed E-state index contributed by atoms with van der Waals surface area (Å²) in [6.07, 6.45) is 0. The summed E-state index contributed by atoms with van der Waals surface area (Å²) >= 11 is 0. The average Bonchev–Trinajstić information content (AvgIpc) is 2.43. The van der Waals surface area contributed by atoms with Gasteiger partial charge in [-0.1, -0.05) is 18.2 Å². The maximum Gasteiger partial charge on any atom is 0.129 e. The fraction of sp³-hybridized carbons (Fsp3) is 0.250. The van der Waals surface area contributed by atoms with E-state index in [9.17, 15) is 13.9 Å². The van der Waals surface area contributed by atoms with Crippen LogP contribution in [0.25, 0.3) is 0 Å². The first-order chi connectivity index (χ1) is 9.46. The molecule has 2 nitrogen and oxygen atoms in total. The predicted molar refractivity (Wildman–Crippen MR) is 75.6 cm³/mol. The molecule has 2 aromatic rings. The molecule has 106 valence electrons. The molecule has 0 radical (unpaired) electrons. The standard InChI is InChI=1S/C16H17F2NO/c1-11-8-15(18)13(9-14(11)17)16(2,10-20)19-12-6-4-3-5-7-12/h3-9,19-20H,10H2,1-2H3. The summed E-state index contributed by atoms with van der Waals surface area (Å²) in [5, 5.41) is 12.7. The van der Waals surface area contributed by atoms with Gasteiger partial charge in [-0.25, -0.2) is 8.78 Å². The smallest absolute Gasteiger partial charge is 0.129 e. The molecule has 0 saturated carbocycles. The van der Waals surface area contributed by atoms with Crippen LogP contribution in [0.3, 0.4) is 0 Å². The summed E-state index contributed by atoms with van der Waals surface area (Å²) in [6, 6.07) is 11.4. The van der Waals surface area contributed by atoms with Gasteiger partial charge in [0.25, 0.3) is 0 Å². The van der Waals surface area contributed by atoms with Gasteiger partial charge in [-0.05, 0) is 43.7 Å². The molecule has 0 aliphatic heterocycles. The van der Waals surface area contributed by atoms with E-state index in [1.807, 2.05) is 18.2 Å². The number of anilines is 1. The summed E-state index contributed by atoms with van der Waals surface area (Å²) in [4.78, 5) is 0. The third kappa shape index (κ3) is 2.80. The lowest BCUT2D eigenvalue weighted by Gasteiger charge is -2.31. The largest absolute Gasteiger partial charge is 0.394 e. The Labute approximate surface area is 117 Å². The Morgan fingerprint density at radius 3 is 2.35 bits per heavy atom. The highest BCUT2D eigenvalue weighted by atomic mass is 19.1. The molecule has 1 unspecified atom stereocenters. The van der Waals surface area contributed by atoms with Crippen LogP contribution in [0.15, 0.2) is 42.5 Å². The van der Waals surface area contributed by atoms with Crippen LogP contribution >= 0.6 is 0 Å². The minimum Gasteiger partial charge on any atom is -0.394 e. The lowest BCUT2D eigenvalue weighted by molar-refractivity contribution is 0.220. The van der Waals surface area contributed by atoms with Crippen LogP contribution in [-0.2, 0) is 5.54 Å². The number of hydrogen-bond acceptors (Lipinski definition) is 2. The van der Waals surface area contributed by atoms with Gasteiger partial charge in [0.2, 0.25) is 0 Å². The number of nitrogens with one attached hydrogen (secondary N) is 1. The molecular weight excluding hydrogens is 260 g/mol. The molecule has 4 heteroatoms. The highest BCUT2D eigenvalue weighted by Crippen LogP contribution is 2.29. The zero-order valence-electron chi connectivity index (χ0n) is 11.5. The average molecular weight is 277 g/mol. The number of benzene rings is 2. The van der Waals surface area contributed by atoms with Crippen molar-refractivity contribution in [3.8, 4) is 0 Å². The molecule has 0 aliphatic rings. The number of aryl methyl sites for hydroxylation is 1. The fourth-order valence-corrected chi connectivity index (χ4v) is 2.10. The van der Waals surface area contributed by atoms with Crippen LogP contribution in [0.1, 0.15) is 18.1 Å². The summed E-state index contributed by atoms with van der Waals surface area (Å²) < 4.78 is 27.8. The van der Waals surface area contributed by atoms with E-state index in [0.29, 0.717) is 0 Å². The Bertz CT molecular complexity index is 601. The van der Waals surface area contributed by atoms with Crippen molar-refractivity contribution in [1.82, 2.24) is 0 Å². The van der Waals surface area contributed by atoms with E-state index < -0.39 is 17.2 Å². The molecule has 20 heavy (non-hydrogen) atoms. The SMILES string of the molecule is Cc1cc(F)c(C(C)(CO)Nc2ccccc2)cc1F. The van der Waals surface area contributed by atoms with Crippen LogP contribution in [0, 0.1) is 18.6 Å². The van der Waals surface area contributed by atoms with Crippen LogP contribution in [-0.4, -0.2) is 11.7 Å². The molecular formula is C16H17F2NO. The highest BCUT2D eigenvalue weighted by Gasteiger charge is 2.29. The van der Waals surface area contributed by atoms with Gasteiger partial charge in [0.15, 0.2) is 0 Å². The molecule has 0 spiro atoms. The van der Waals surface area contributed by atoms with Crippen molar-refractivity contribution in [2.45, 2.75) is 19.4 Å². The second-order valence-electron chi connectivity index (χ2n) is 5.06. The minimum atomic E-state index is -1.10. The molecule has 2 N–H and O–H groups in total. The number of hydrogen-bond donors (Lipinski definition) is 2. The van der Waals surface area contributed by atoms with Gasteiger partial charge in [0.05, 0.1) is 12.1 Å². The highest BCUT2D eigenvalue weighted by molar-refractivity contribution is 5.48. The van der Waals surface area contributed by atoms with Crippen molar-refractivity contribution in [2.75, 3.05) is 11.9 Å². The quantitative estimate of drug-likeness (QED) is 0.895. The van der Waals surface area contributed by atoms with Crippen molar-refractivity contribution in [3.05, 3.63) is 65.2 Å². The molecule has 0 aliphatic carbocycles. The molecule has 0 bridgehead atoms. The van der Waals surface area contributed by atoms with E-state index in [1.54, 1.807) is 19.1 Å². The van der Waals surface area contributed by atoms with Crippen molar-refractivity contribution in [1.29, 1.82) is 0 Å². The molecule has 0 saturated heterocycles. The summed E-state index contributed by atoms with van der Waals surface area (Å²) in [5.41, 5.74) is -0.0254. The maximum atomic E-state index is 14.1. The van der Waals surface area contributed by atoms with E-state index in [-0.39, 0.29) is 17.7 Å². The summed E-state index contributed by atoms with van der Waals surface area (Å²) in [7, 11) is 0.